The molecule has 0 spiro atoms. The number of amides is 1. The van der Waals surface area contributed by atoms with Crippen molar-refractivity contribution >= 4 is 34.8 Å². The van der Waals surface area contributed by atoms with Crippen LogP contribution in [0.2, 0.25) is 0 Å². The van der Waals surface area contributed by atoms with Crippen molar-refractivity contribution in [2.75, 3.05) is 11.1 Å². The van der Waals surface area contributed by atoms with Crippen molar-refractivity contribution in [1.29, 1.82) is 0 Å². The topological polar surface area (TPSA) is 94.1 Å². The average Bonchev–Trinajstić information content (AvgIpc) is 3.32. The van der Waals surface area contributed by atoms with Crippen molar-refractivity contribution in [3.63, 3.8) is 0 Å². The molecule has 1 amide bonds. The van der Waals surface area contributed by atoms with Gasteiger partial charge in [0.2, 0.25) is 5.91 Å². The number of hydrogen-bond donors (Lipinski definition) is 1. The van der Waals surface area contributed by atoms with Crippen molar-refractivity contribution in [1.82, 2.24) is 15.4 Å². The number of nitrogens with zero attached hydrogens (tertiary/aromatic N) is 3. The fraction of sp³-hybridized carbons (Fsp3) is 0.412. The van der Waals surface area contributed by atoms with Crippen LogP contribution in [0.15, 0.2) is 26.3 Å². The Labute approximate surface area is 158 Å². The first-order chi connectivity index (χ1) is 12.6. The maximum atomic E-state index is 11.9. The number of aryl methyl sites for hydroxylation is 2. The lowest BCUT2D eigenvalue weighted by atomic mass is 9.90. The van der Waals surface area contributed by atoms with Crippen LogP contribution in [0.1, 0.15) is 29.5 Å². The summed E-state index contributed by atoms with van der Waals surface area (Å²) < 4.78 is 10.6. The zero-order valence-electron chi connectivity index (χ0n) is 14.4. The summed E-state index contributed by atoms with van der Waals surface area (Å²) in [5.74, 6) is 2.24. The molecule has 1 aliphatic carbocycles. The summed E-state index contributed by atoms with van der Waals surface area (Å²) in [5, 5.41) is 14.9. The maximum absolute atomic E-state index is 11.9. The number of thioether (sulfide) groups is 1. The molecule has 1 N–H and O–H groups in total. The van der Waals surface area contributed by atoms with E-state index in [1.54, 1.807) is 24.3 Å². The normalized spacial score (nSPS) is 16.5. The first-order valence-corrected chi connectivity index (χ1v) is 10.2. The molecule has 0 fully saturated rings. The third kappa shape index (κ3) is 3.83. The van der Waals surface area contributed by atoms with Crippen molar-refractivity contribution < 1.29 is 13.7 Å². The molecule has 7 nitrogen and oxygen atoms in total. The largest absolute Gasteiger partial charge is 0.410 e. The van der Waals surface area contributed by atoms with E-state index in [4.69, 9.17) is 8.94 Å². The predicted molar refractivity (Wildman–Crippen MR) is 99.4 cm³/mol. The molecule has 0 saturated heterocycles. The first-order valence-electron chi connectivity index (χ1n) is 8.38. The Hall–Kier alpha value is -2.13. The van der Waals surface area contributed by atoms with Crippen LogP contribution in [-0.2, 0) is 17.6 Å². The number of hydrogen-bond acceptors (Lipinski definition) is 8. The van der Waals surface area contributed by atoms with Gasteiger partial charge in [0.25, 0.3) is 11.1 Å². The minimum Gasteiger partial charge on any atom is -0.410 e. The Morgan fingerprint density at radius 3 is 3.12 bits per heavy atom. The van der Waals surface area contributed by atoms with Gasteiger partial charge in [0.05, 0.1) is 10.6 Å². The van der Waals surface area contributed by atoms with Crippen LogP contribution in [-0.4, -0.2) is 27.0 Å². The summed E-state index contributed by atoms with van der Waals surface area (Å²) in [4.78, 5) is 14.4. The molecule has 0 unspecified atom stereocenters. The van der Waals surface area contributed by atoms with E-state index in [0.29, 0.717) is 22.7 Å². The highest BCUT2D eigenvalue weighted by Gasteiger charge is 2.21. The molecule has 4 rings (SSSR count). The molecule has 3 aromatic rings. The molecule has 3 heterocycles. The van der Waals surface area contributed by atoms with Crippen LogP contribution in [0.4, 0.5) is 5.82 Å². The second kappa shape index (κ2) is 7.24. The first kappa shape index (κ1) is 17.3. The van der Waals surface area contributed by atoms with E-state index in [-0.39, 0.29) is 11.7 Å². The molecule has 0 radical (unpaired) electrons. The van der Waals surface area contributed by atoms with Crippen molar-refractivity contribution in [2.24, 2.45) is 5.92 Å². The van der Waals surface area contributed by atoms with Gasteiger partial charge in [0, 0.05) is 10.9 Å². The highest BCUT2D eigenvalue weighted by atomic mass is 32.2. The van der Waals surface area contributed by atoms with E-state index in [0.717, 1.165) is 23.6 Å². The van der Waals surface area contributed by atoms with Gasteiger partial charge >= 0.3 is 0 Å². The van der Waals surface area contributed by atoms with Gasteiger partial charge in [-0.25, -0.2) is 0 Å². The Morgan fingerprint density at radius 1 is 1.42 bits per heavy atom. The van der Waals surface area contributed by atoms with Gasteiger partial charge in [-0.2, -0.15) is 0 Å². The van der Waals surface area contributed by atoms with Gasteiger partial charge in [-0.3, -0.25) is 4.79 Å². The second-order valence-electron chi connectivity index (χ2n) is 6.44. The van der Waals surface area contributed by atoms with Crippen LogP contribution < -0.4 is 5.32 Å². The fourth-order valence-electron chi connectivity index (χ4n) is 2.91. The molecular formula is C17H18N4O3S2. The highest BCUT2D eigenvalue weighted by molar-refractivity contribution is 7.99. The third-order valence-corrected chi connectivity index (χ3v) is 6.21. The standard InChI is InChI=1S/C17H18N4O3S2/c1-9-3-4-12-11(5-9)7-13(26-12)16-19-20-17(23-16)25-8-15(22)18-14-6-10(2)24-21-14/h6-7,9H,3-5,8H2,1-2H3,(H,18,21,22)/t9-/m1/s1. The monoisotopic (exact) mass is 390 g/mol. The second-order valence-corrected chi connectivity index (χ2v) is 8.50. The summed E-state index contributed by atoms with van der Waals surface area (Å²) >= 11 is 2.93. The van der Waals surface area contributed by atoms with Crippen molar-refractivity contribution in [3.8, 4) is 10.8 Å². The van der Waals surface area contributed by atoms with Gasteiger partial charge in [-0.15, -0.1) is 21.5 Å². The molecule has 26 heavy (non-hydrogen) atoms. The molecule has 1 aliphatic rings. The third-order valence-electron chi connectivity index (χ3n) is 4.17. The number of anilines is 1. The fourth-order valence-corrected chi connectivity index (χ4v) is 4.60. The van der Waals surface area contributed by atoms with Crippen LogP contribution in [0.25, 0.3) is 10.8 Å². The van der Waals surface area contributed by atoms with E-state index >= 15 is 0 Å². The van der Waals surface area contributed by atoms with Gasteiger partial charge in [-0.05, 0) is 43.7 Å². The Bertz CT molecular complexity index is 930. The minimum atomic E-state index is -0.205. The molecule has 9 heteroatoms. The van der Waals surface area contributed by atoms with Crippen LogP contribution >= 0.6 is 23.1 Å². The zero-order valence-corrected chi connectivity index (χ0v) is 16.1. The van der Waals surface area contributed by atoms with E-state index < -0.39 is 0 Å². The number of carbonyl (C=O) groups excluding carboxylic acids is 1. The van der Waals surface area contributed by atoms with Crippen molar-refractivity contribution in [3.05, 3.63) is 28.3 Å². The number of thiophene rings is 1. The molecule has 3 aromatic heterocycles. The quantitative estimate of drug-likeness (QED) is 0.659. The zero-order chi connectivity index (χ0) is 18.1. The number of nitrogens with one attached hydrogen (secondary N) is 1. The van der Waals surface area contributed by atoms with Gasteiger partial charge in [-0.1, -0.05) is 23.8 Å². The number of fused-ring (bicyclic) bond motifs is 1. The summed E-state index contributed by atoms with van der Waals surface area (Å²) in [6, 6.07) is 3.82. The molecule has 0 bridgehead atoms. The smallest absolute Gasteiger partial charge is 0.277 e. The molecule has 0 aromatic carbocycles. The van der Waals surface area contributed by atoms with E-state index in [1.807, 2.05) is 0 Å². The summed E-state index contributed by atoms with van der Waals surface area (Å²) in [6.45, 7) is 4.05. The summed E-state index contributed by atoms with van der Waals surface area (Å²) in [6.07, 6.45) is 3.47. The minimum absolute atomic E-state index is 0.159. The Balaban J connectivity index is 1.37. The highest BCUT2D eigenvalue weighted by Crippen LogP contribution is 2.37. The molecule has 136 valence electrons. The van der Waals surface area contributed by atoms with Crippen molar-refractivity contribution in [2.45, 2.75) is 38.3 Å². The van der Waals surface area contributed by atoms with Crippen LogP contribution in [0, 0.1) is 12.8 Å². The van der Waals surface area contributed by atoms with E-state index in [1.165, 1.54) is 28.6 Å². The summed E-state index contributed by atoms with van der Waals surface area (Å²) in [7, 11) is 0. The van der Waals surface area contributed by atoms with Gasteiger partial charge in [0.1, 0.15) is 5.76 Å². The number of rotatable bonds is 5. The number of aromatic nitrogens is 3. The average molecular weight is 390 g/mol. The van der Waals surface area contributed by atoms with Crippen LogP contribution in [0.3, 0.4) is 0 Å². The maximum Gasteiger partial charge on any atom is 0.277 e. The van der Waals surface area contributed by atoms with Gasteiger partial charge in [0.15, 0.2) is 5.82 Å². The molecule has 0 saturated carbocycles. The molecule has 0 aliphatic heterocycles. The molecular weight excluding hydrogens is 372 g/mol. The Morgan fingerprint density at radius 2 is 2.31 bits per heavy atom. The lowest BCUT2D eigenvalue weighted by Crippen LogP contribution is -2.14. The lowest BCUT2D eigenvalue weighted by Gasteiger charge is -2.16. The van der Waals surface area contributed by atoms with Crippen LogP contribution in [0.5, 0.6) is 0 Å². The van der Waals surface area contributed by atoms with Gasteiger partial charge < -0.3 is 14.3 Å². The number of carbonyl (C=O) groups is 1. The van der Waals surface area contributed by atoms with E-state index in [9.17, 15) is 4.79 Å². The Kier molecular flexibility index (Phi) is 4.82. The lowest BCUT2D eigenvalue weighted by molar-refractivity contribution is -0.113. The molecule has 1 atom stereocenters. The van der Waals surface area contributed by atoms with E-state index in [2.05, 4.69) is 33.7 Å². The summed E-state index contributed by atoms with van der Waals surface area (Å²) in [5.41, 5.74) is 1.40. The predicted octanol–water partition coefficient (Wildman–Crippen LogP) is 3.95. The SMILES string of the molecule is Cc1cc(NC(=O)CSc2nnc(-c3cc4c(s3)CC[C@@H](C)C4)o2)no1.